The maximum absolute atomic E-state index is 12.9. The zero-order chi connectivity index (χ0) is 14.3. The van der Waals surface area contributed by atoms with Gasteiger partial charge >= 0.3 is 6.18 Å². The van der Waals surface area contributed by atoms with E-state index >= 15 is 0 Å². The Balaban J connectivity index is 2.46. The molecule has 0 atom stereocenters. The number of anilines is 2. The third kappa shape index (κ3) is 2.77. The van der Waals surface area contributed by atoms with Crippen LogP contribution >= 0.6 is 0 Å². The lowest BCUT2D eigenvalue weighted by molar-refractivity contribution is -0.137. The fraction of sp³-hybridized carbons (Fsp3) is 0.615. The molecule has 1 N–H and O–H groups in total. The molecule has 0 saturated carbocycles. The zero-order valence-electron chi connectivity index (χ0n) is 11.3. The van der Waals surface area contributed by atoms with E-state index in [0.717, 1.165) is 31.5 Å². The van der Waals surface area contributed by atoms with Gasteiger partial charge in [-0.3, -0.25) is 0 Å². The number of nitrogens with one attached hydrogen (secondary N) is 1. The van der Waals surface area contributed by atoms with Crippen molar-refractivity contribution in [3.05, 3.63) is 17.7 Å². The molecule has 1 saturated heterocycles. The fourth-order valence-corrected chi connectivity index (χ4v) is 2.48. The van der Waals surface area contributed by atoms with Gasteiger partial charge in [-0.2, -0.15) is 13.2 Å². The summed E-state index contributed by atoms with van der Waals surface area (Å²) in [5.74, 6) is 0.634. The molecular formula is C13H18F3N3. The van der Waals surface area contributed by atoms with Gasteiger partial charge in [-0.25, -0.2) is 4.98 Å². The summed E-state index contributed by atoms with van der Waals surface area (Å²) in [5, 5.41) is 2.69. The van der Waals surface area contributed by atoms with Crippen molar-refractivity contribution < 1.29 is 13.2 Å². The Morgan fingerprint density at radius 2 is 2.00 bits per heavy atom. The zero-order valence-corrected chi connectivity index (χ0v) is 11.3. The molecule has 0 spiro atoms. The Morgan fingerprint density at radius 3 is 2.47 bits per heavy atom. The van der Waals surface area contributed by atoms with Gasteiger partial charge in [-0.1, -0.05) is 0 Å². The summed E-state index contributed by atoms with van der Waals surface area (Å²) in [5.41, 5.74) is -0.813. The van der Waals surface area contributed by atoms with Crippen LogP contribution in [-0.4, -0.2) is 24.1 Å². The molecule has 0 bridgehead atoms. The smallest absolute Gasteiger partial charge is 0.373 e. The van der Waals surface area contributed by atoms with Crippen molar-refractivity contribution in [3.8, 4) is 0 Å². The molecule has 6 heteroatoms. The first-order chi connectivity index (χ1) is 8.74. The highest BCUT2D eigenvalue weighted by Gasteiger charge is 2.36. The number of hydrogen-bond donors (Lipinski definition) is 1. The van der Waals surface area contributed by atoms with E-state index in [4.69, 9.17) is 0 Å². The summed E-state index contributed by atoms with van der Waals surface area (Å²) in [7, 11) is 1.57. The van der Waals surface area contributed by atoms with E-state index in [1.165, 1.54) is 0 Å². The summed E-state index contributed by atoms with van der Waals surface area (Å²) < 4.78 is 38.7. The van der Waals surface area contributed by atoms with Crippen LogP contribution in [0.2, 0.25) is 0 Å². The van der Waals surface area contributed by atoms with E-state index in [1.54, 1.807) is 7.05 Å². The van der Waals surface area contributed by atoms with E-state index in [-0.39, 0.29) is 11.4 Å². The van der Waals surface area contributed by atoms with Crippen molar-refractivity contribution in [1.82, 2.24) is 4.98 Å². The molecular weight excluding hydrogens is 255 g/mol. The standard InChI is InChI=1S/C13H18F3N3/c1-12(2)5-4-6-19(12)11-8-9(13(14,15)16)7-10(17-3)18-11/h7-8H,4-6H2,1-3H3,(H,17,18). The van der Waals surface area contributed by atoms with Crippen LogP contribution in [0.1, 0.15) is 32.3 Å². The van der Waals surface area contributed by atoms with Crippen molar-refractivity contribution in [3.63, 3.8) is 0 Å². The molecule has 1 aliphatic rings. The molecule has 2 heterocycles. The van der Waals surface area contributed by atoms with Crippen molar-refractivity contribution in [2.75, 3.05) is 23.8 Å². The predicted octanol–water partition coefficient (Wildman–Crippen LogP) is 3.52. The van der Waals surface area contributed by atoms with Gasteiger partial charge in [0.1, 0.15) is 11.6 Å². The number of nitrogens with zero attached hydrogens (tertiary/aromatic N) is 2. The summed E-state index contributed by atoms with van der Waals surface area (Å²) in [6, 6.07) is 2.17. The van der Waals surface area contributed by atoms with Crippen LogP contribution in [0.3, 0.4) is 0 Å². The lowest BCUT2D eigenvalue weighted by atomic mass is 10.0. The van der Waals surface area contributed by atoms with Crippen molar-refractivity contribution in [2.45, 2.75) is 38.4 Å². The topological polar surface area (TPSA) is 28.2 Å². The SMILES string of the molecule is CNc1cc(C(F)(F)F)cc(N2CCCC2(C)C)n1. The van der Waals surface area contributed by atoms with Gasteiger partial charge in [-0.15, -0.1) is 0 Å². The van der Waals surface area contributed by atoms with E-state index in [2.05, 4.69) is 10.3 Å². The minimum atomic E-state index is -4.35. The fourth-order valence-electron chi connectivity index (χ4n) is 2.48. The van der Waals surface area contributed by atoms with Gasteiger partial charge in [0.15, 0.2) is 0 Å². The van der Waals surface area contributed by atoms with E-state index in [1.807, 2.05) is 18.7 Å². The molecule has 1 aromatic rings. The van der Waals surface area contributed by atoms with Crippen LogP contribution in [0.4, 0.5) is 24.8 Å². The first-order valence-corrected chi connectivity index (χ1v) is 6.29. The monoisotopic (exact) mass is 273 g/mol. The van der Waals surface area contributed by atoms with Gasteiger partial charge in [0.2, 0.25) is 0 Å². The third-order valence-corrected chi connectivity index (χ3v) is 3.57. The van der Waals surface area contributed by atoms with Crippen molar-refractivity contribution in [2.24, 2.45) is 0 Å². The molecule has 0 aliphatic carbocycles. The summed E-state index contributed by atoms with van der Waals surface area (Å²) in [6.07, 6.45) is -2.42. The van der Waals surface area contributed by atoms with E-state index in [9.17, 15) is 13.2 Å². The molecule has 1 aliphatic heterocycles. The number of rotatable bonds is 2. The lowest BCUT2D eigenvalue weighted by Crippen LogP contribution is -2.38. The normalized spacial score (nSPS) is 18.7. The van der Waals surface area contributed by atoms with Gasteiger partial charge < -0.3 is 10.2 Å². The van der Waals surface area contributed by atoms with Gasteiger partial charge in [-0.05, 0) is 38.8 Å². The van der Waals surface area contributed by atoms with Gasteiger partial charge in [0.25, 0.3) is 0 Å². The molecule has 19 heavy (non-hydrogen) atoms. The minimum absolute atomic E-state index is 0.151. The first-order valence-electron chi connectivity index (χ1n) is 6.29. The molecule has 1 fully saturated rings. The number of alkyl halides is 3. The number of hydrogen-bond acceptors (Lipinski definition) is 3. The third-order valence-electron chi connectivity index (χ3n) is 3.57. The maximum atomic E-state index is 12.9. The molecule has 0 amide bonds. The average molecular weight is 273 g/mol. The minimum Gasteiger partial charge on any atom is -0.373 e. The number of halogens is 3. The molecule has 1 aromatic heterocycles. The van der Waals surface area contributed by atoms with Crippen molar-refractivity contribution >= 4 is 11.6 Å². The second-order valence-corrected chi connectivity index (χ2v) is 5.41. The average Bonchev–Trinajstić information content (AvgIpc) is 2.67. The van der Waals surface area contributed by atoms with E-state index < -0.39 is 11.7 Å². The highest BCUT2D eigenvalue weighted by atomic mass is 19.4. The molecule has 0 radical (unpaired) electrons. The summed E-state index contributed by atoms with van der Waals surface area (Å²) in [6.45, 7) is 4.80. The summed E-state index contributed by atoms with van der Waals surface area (Å²) >= 11 is 0. The summed E-state index contributed by atoms with van der Waals surface area (Å²) in [4.78, 5) is 6.21. The van der Waals surface area contributed by atoms with Crippen LogP contribution in [-0.2, 0) is 6.18 Å². The molecule has 3 nitrogen and oxygen atoms in total. The Kier molecular flexibility index (Phi) is 3.36. The predicted molar refractivity (Wildman–Crippen MR) is 69.4 cm³/mol. The Labute approximate surface area is 110 Å². The van der Waals surface area contributed by atoms with E-state index in [0.29, 0.717) is 5.82 Å². The maximum Gasteiger partial charge on any atom is 0.416 e. The molecule has 0 aromatic carbocycles. The van der Waals surface area contributed by atoms with Crippen LogP contribution in [0.5, 0.6) is 0 Å². The molecule has 2 rings (SSSR count). The first kappa shape index (κ1) is 14.0. The van der Waals surface area contributed by atoms with Gasteiger partial charge in [0, 0.05) is 19.1 Å². The van der Waals surface area contributed by atoms with Crippen LogP contribution in [0, 0.1) is 0 Å². The number of aromatic nitrogens is 1. The quantitative estimate of drug-likeness (QED) is 0.893. The van der Waals surface area contributed by atoms with Gasteiger partial charge in [0.05, 0.1) is 5.56 Å². The van der Waals surface area contributed by atoms with Crippen molar-refractivity contribution in [1.29, 1.82) is 0 Å². The van der Waals surface area contributed by atoms with Crippen LogP contribution in [0.25, 0.3) is 0 Å². The van der Waals surface area contributed by atoms with Crippen LogP contribution < -0.4 is 10.2 Å². The Hall–Kier alpha value is -1.46. The Bertz CT molecular complexity index is 469. The largest absolute Gasteiger partial charge is 0.416 e. The second kappa shape index (κ2) is 4.58. The number of pyridine rings is 1. The second-order valence-electron chi connectivity index (χ2n) is 5.41. The molecule has 0 unspecified atom stereocenters. The highest BCUT2D eigenvalue weighted by Crippen LogP contribution is 2.37. The lowest BCUT2D eigenvalue weighted by Gasteiger charge is -2.33. The highest BCUT2D eigenvalue weighted by molar-refractivity contribution is 5.53. The Morgan fingerprint density at radius 1 is 1.32 bits per heavy atom. The van der Waals surface area contributed by atoms with Crippen LogP contribution in [0.15, 0.2) is 12.1 Å². The molecule has 106 valence electrons.